The van der Waals surface area contributed by atoms with Crippen molar-refractivity contribution < 1.29 is 14.3 Å². The highest BCUT2D eigenvalue weighted by atomic mass is 16.6. The van der Waals surface area contributed by atoms with Crippen molar-refractivity contribution in [3.05, 3.63) is 0 Å². The zero-order valence-electron chi connectivity index (χ0n) is 8.73. The summed E-state index contributed by atoms with van der Waals surface area (Å²) < 4.78 is 5.13. The van der Waals surface area contributed by atoms with Crippen LogP contribution in [0.3, 0.4) is 0 Å². The Morgan fingerprint density at radius 3 is 2.79 bits per heavy atom. The van der Waals surface area contributed by atoms with Crippen LogP contribution >= 0.6 is 0 Å². The first kappa shape index (κ1) is 11.0. The van der Waals surface area contributed by atoms with Crippen molar-refractivity contribution in [3.8, 4) is 0 Å². The van der Waals surface area contributed by atoms with Gasteiger partial charge in [-0.2, -0.15) is 0 Å². The van der Waals surface area contributed by atoms with E-state index in [1.165, 1.54) is 0 Å². The number of nitrogens with zero attached hydrogens (tertiary/aromatic N) is 1. The molecule has 0 aromatic rings. The Morgan fingerprint density at radius 2 is 2.36 bits per heavy atom. The Morgan fingerprint density at radius 1 is 1.64 bits per heavy atom. The lowest BCUT2D eigenvalue weighted by atomic mass is 9.99. The lowest BCUT2D eigenvalue weighted by Crippen LogP contribution is -2.28. The van der Waals surface area contributed by atoms with Crippen LogP contribution in [0.15, 0.2) is 0 Å². The van der Waals surface area contributed by atoms with Crippen LogP contribution in [0.25, 0.3) is 0 Å². The van der Waals surface area contributed by atoms with E-state index in [1.54, 1.807) is 4.90 Å². The Kier molecular flexibility index (Phi) is 3.92. The second-order valence-electron chi connectivity index (χ2n) is 3.55. The monoisotopic (exact) mass is 199 g/mol. The van der Waals surface area contributed by atoms with Crippen LogP contribution in [-0.4, -0.2) is 36.5 Å². The molecule has 1 amide bonds. The maximum absolute atomic E-state index is 11.2. The molecule has 1 aliphatic heterocycles. The molecular formula is C10H17NO3. The smallest absolute Gasteiger partial charge is 0.410 e. The third-order valence-corrected chi connectivity index (χ3v) is 2.57. The van der Waals surface area contributed by atoms with E-state index in [9.17, 15) is 9.59 Å². The lowest BCUT2D eigenvalue weighted by Gasteiger charge is -2.14. The van der Waals surface area contributed by atoms with Gasteiger partial charge in [-0.05, 0) is 13.3 Å². The summed E-state index contributed by atoms with van der Waals surface area (Å²) in [5.74, 6) is -0.138. The molecule has 0 bridgehead atoms. The standard InChI is InChI=1S/C10H17NO3/c1-3-5-8(7-12)9-6-11(4-2)10(13)14-9/h7-9H,3-6H2,1-2H3. The topological polar surface area (TPSA) is 46.6 Å². The normalized spacial score (nSPS) is 23.4. The zero-order valence-corrected chi connectivity index (χ0v) is 8.73. The summed E-state index contributed by atoms with van der Waals surface area (Å²) in [6, 6.07) is 0. The van der Waals surface area contributed by atoms with Crippen molar-refractivity contribution in [2.75, 3.05) is 13.1 Å². The summed E-state index contributed by atoms with van der Waals surface area (Å²) in [6.45, 7) is 5.12. The van der Waals surface area contributed by atoms with E-state index < -0.39 is 0 Å². The molecule has 2 atom stereocenters. The second-order valence-corrected chi connectivity index (χ2v) is 3.55. The van der Waals surface area contributed by atoms with Crippen LogP contribution in [-0.2, 0) is 9.53 Å². The number of rotatable bonds is 5. The van der Waals surface area contributed by atoms with Crippen LogP contribution in [0, 0.1) is 5.92 Å². The summed E-state index contributed by atoms with van der Waals surface area (Å²) >= 11 is 0. The second kappa shape index (κ2) is 4.98. The van der Waals surface area contributed by atoms with Crippen molar-refractivity contribution in [2.24, 2.45) is 5.92 Å². The first-order valence-corrected chi connectivity index (χ1v) is 5.13. The third-order valence-electron chi connectivity index (χ3n) is 2.57. The molecule has 0 N–H and O–H groups in total. The lowest BCUT2D eigenvalue weighted by molar-refractivity contribution is -0.113. The highest BCUT2D eigenvalue weighted by molar-refractivity contribution is 5.71. The van der Waals surface area contributed by atoms with Crippen molar-refractivity contribution >= 4 is 12.4 Å². The van der Waals surface area contributed by atoms with E-state index >= 15 is 0 Å². The van der Waals surface area contributed by atoms with Crippen molar-refractivity contribution in [1.82, 2.24) is 4.90 Å². The van der Waals surface area contributed by atoms with Gasteiger partial charge in [-0.15, -0.1) is 0 Å². The molecule has 4 heteroatoms. The molecule has 1 heterocycles. The highest BCUT2D eigenvalue weighted by Gasteiger charge is 2.34. The molecule has 0 aromatic carbocycles. The minimum absolute atomic E-state index is 0.138. The van der Waals surface area contributed by atoms with Crippen LogP contribution < -0.4 is 0 Å². The Hall–Kier alpha value is -1.06. The zero-order chi connectivity index (χ0) is 10.6. The number of amides is 1. The maximum atomic E-state index is 11.2. The van der Waals surface area contributed by atoms with E-state index in [0.29, 0.717) is 13.1 Å². The Balaban J connectivity index is 2.53. The van der Waals surface area contributed by atoms with E-state index in [2.05, 4.69) is 0 Å². The number of carbonyl (C=O) groups is 2. The minimum atomic E-state index is -0.291. The molecular weight excluding hydrogens is 182 g/mol. The van der Waals surface area contributed by atoms with Gasteiger partial charge in [0, 0.05) is 6.54 Å². The third kappa shape index (κ3) is 2.25. The number of hydrogen-bond donors (Lipinski definition) is 0. The molecule has 2 unspecified atom stereocenters. The van der Waals surface area contributed by atoms with Gasteiger partial charge in [-0.1, -0.05) is 13.3 Å². The van der Waals surface area contributed by atoms with Gasteiger partial charge < -0.3 is 14.4 Å². The molecule has 0 radical (unpaired) electrons. The van der Waals surface area contributed by atoms with Gasteiger partial charge in [0.15, 0.2) is 0 Å². The highest BCUT2D eigenvalue weighted by Crippen LogP contribution is 2.20. The van der Waals surface area contributed by atoms with Crippen molar-refractivity contribution in [2.45, 2.75) is 32.8 Å². The Bertz CT molecular complexity index is 217. The van der Waals surface area contributed by atoms with Gasteiger partial charge in [-0.25, -0.2) is 4.79 Å². The fourth-order valence-corrected chi connectivity index (χ4v) is 1.69. The molecule has 0 aromatic heterocycles. The fraction of sp³-hybridized carbons (Fsp3) is 0.800. The average molecular weight is 199 g/mol. The van der Waals surface area contributed by atoms with E-state index in [0.717, 1.165) is 19.1 Å². The molecule has 0 aliphatic carbocycles. The van der Waals surface area contributed by atoms with Gasteiger partial charge in [-0.3, -0.25) is 0 Å². The largest absolute Gasteiger partial charge is 0.443 e. The molecule has 1 rings (SSSR count). The first-order chi connectivity index (χ1) is 6.72. The maximum Gasteiger partial charge on any atom is 0.410 e. The number of cyclic esters (lactones) is 1. The first-order valence-electron chi connectivity index (χ1n) is 5.13. The van der Waals surface area contributed by atoms with Crippen LogP contribution in [0.4, 0.5) is 4.79 Å². The number of ether oxygens (including phenoxy) is 1. The van der Waals surface area contributed by atoms with Gasteiger partial charge in [0.1, 0.15) is 12.4 Å². The van der Waals surface area contributed by atoms with Gasteiger partial charge in [0.2, 0.25) is 0 Å². The molecule has 1 fully saturated rings. The van der Waals surface area contributed by atoms with Crippen molar-refractivity contribution in [3.63, 3.8) is 0 Å². The van der Waals surface area contributed by atoms with Gasteiger partial charge in [0.05, 0.1) is 12.5 Å². The average Bonchev–Trinajstić information content (AvgIpc) is 2.56. The number of likely N-dealkylation sites (N-methyl/N-ethyl adjacent to an activating group) is 1. The van der Waals surface area contributed by atoms with E-state index in [-0.39, 0.29) is 18.1 Å². The van der Waals surface area contributed by atoms with Gasteiger partial charge in [0.25, 0.3) is 0 Å². The number of aldehydes is 1. The predicted octanol–water partition coefficient (Wildman–Crippen LogP) is 1.44. The molecule has 14 heavy (non-hydrogen) atoms. The molecule has 0 saturated carbocycles. The van der Waals surface area contributed by atoms with E-state index in [1.807, 2.05) is 13.8 Å². The summed E-state index contributed by atoms with van der Waals surface area (Å²) in [5, 5.41) is 0. The molecule has 4 nitrogen and oxygen atoms in total. The Labute approximate surface area is 84.2 Å². The molecule has 80 valence electrons. The molecule has 1 saturated heterocycles. The molecule has 0 spiro atoms. The van der Waals surface area contributed by atoms with E-state index in [4.69, 9.17) is 4.74 Å². The minimum Gasteiger partial charge on any atom is -0.443 e. The summed E-state index contributed by atoms with van der Waals surface area (Å²) in [4.78, 5) is 23.6. The summed E-state index contributed by atoms with van der Waals surface area (Å²) in [5.41, 5.74) is 0. The number of hydrogen-bond acceptors (Lipinski definition) is 3. The van der Waals surface area contributed by atoms with Crippen LogP contribution in [0.5, 0.6) is 0 Å². The van der Waals surface area contributed by atoms with Crippen LogP contribution in [0.1, 0.15) is 26.7 Å². The number of carbonyl (C=O) groups excluding carboxylic acids is 2. The fourth-order valence-electron chi connectivity index (χ4n) is 1.69. The quantitative estimate of drug-likeness (QED) is 0.629. The van der Waals surface area contributed by atoms with Crippen molar-refractivity contribution in [1.29, 1.82) is 0 Å². The molecule has 1 aliphatic rings. The summed E-state index contributed by atoms with van der Waals surface area (Å²) in [6.07, 6.45) is 2.10. The SMILES string of the molecule is CCCC(C=O)C1CN(CC)C(=O)O1. The van der Waals surface area contributed by atoms with Crippen LogP contribution in [0.2, 0.25) is 0 Å². The summed E-state index contributed by atoms with van der Waals surface area (Å²) in [7, 11) is 0. The predicted molar refractivity (Wildman–Crippen MR) is 52.0 cm³/mol. The van der Waals surface area contributed by atoms with Gasteiger partial charge >= 0.3 is 6.09 Å².